The average Bonchev–Trinajstić information content (AvgIpc) is 2.90. The van der Waals surface area contributed by atoms with Crippen molar-refractivity contribution in [1.29, 1.82) is 0 Å². The van der Waals surface area contributed by atoms with Crippen LogP contribution in [0.3, 0.4) is 0 Å². The Morgan fingerprint density at radius 3 is 2.55 bits per heavy atom. The summed E-state index contributed by atoms with van der Waals surface area (Å²) >= 11 is 0. The van der Waals surface area contributed by atoms with Crippen molar-refractivity contribution in [2.75, 3.05) is 40.3 Å². The lowest BCUT2D eigenvalue weighted by Crippen LogP contribution is -2.30. The molecule has 0 bridgehead atoms. The summed E-state index contributed by atoms with van der Waals surface area (Å²) in [4.78, 5) is 16.4. The van der Waals surface area contributed by atoms with Gasteiger partial charge in [-0.1, -0.05) is 30.3 Å². The van der Waals surface area contributed by atoms with E-state index in [4.69, 9.17) is 0 Å². The third-order valence-corrected chi connectivity index (χ3v) is 4.46. The van der Waals surface area contributed by atoms with E-state index < -0.39 is 0 Å². The summed E-state index contributed by atoms with van der Waals surface area (Å²) in [5.74, 6) is 0.842. The Bertz CT molecular complexity index is 461. The van der Waals surface area contributed by atoms with Gasteiger partial charge in [0.25, 0.3) is 0 Å². The van der Waals surface area contributed by atoms with Crippen LogP contribution >= 0.6 is 0 Å². The number of hydrogen-bond acceptors (Lipinski definition) is 3. The predicted octanol–water partition coefficient (Wildman–Crippen LogP) is 1.64. The number of hydrogen-bond donors (Lipinski definition) is 1. The van der Waals surface area contributed by atoms with E-state index in [1.54, 1.807) is 0 Å². The highest BCUT2D eigenvalue weighted by Gasteiger charge is 2.34. The molecule has 0 radical (unpaired) electrons. The van der Waals surface area contributed by atoms with Gasteiger partial charge in [0, 0.05) is 38.6 Å². The molecule has 1 aromatic rings. The molecule has 0 spiro atoms. The lowest BCUT2D eigenvalue weighted by atomic mass is 9.97. The highest BCUT2D eigenvalue weighted by atomic mass is 16.3. The fourth-order valence-electron chi connectivity index (χ4n) is 3.27. The smallest absolute Gasteiger partial charge is 0.222 e. The molecule has 1 saturated heterocycles. The fourth-order valence-corrected chi connectivity index (χ4v) is 3.27. The lowest BCUT2D eigenvalue weighted by Gasteiger charge is -2.20. The summed E-state index contributed by atoms with van der Waals surface area (Å²) in [6.45, 7) is 2.60. The number of rotatable bonds is 7. The number of carbonyl (C=O) groups is 1. The summed E-state index contributed by atoms with van der Waals surface area (Å²) in [5, 5.41) is 9.52. The Hall–Kier alpha value is -1.39. The number of carbonyl (C=O) groups excluding carboxylic acids is 1. The number of aryl methyl sites for hydroxylation is 1. The van der Waals surface area contributed by atoms with Crippen LogP contribution in [0.5, 0.6) is 0 Å². The summed E-state index contributed by atoms with van der Waals surface area (Å²) in [5.41, 5.74) is 1.29. The van der Waals surface area contributed by atoms with Crippen molar-refractivity contribution in [3.8, 4) is 0 Å². The maximum Gasteiger partial charge on any atom is 0.222 e. The number of aliphatic hydroxyl groups excluding tert-OH is 1. The first-order chi connectivity index (χ1) is 10.6. The van der Waals surface area contributed by atoms with Gasteiger partial charge < -0.3 is 14.9 Å². The maximum absolute atomic E-state index is 12.4. The Labute approximate surface area is 133 Å². The van der Waals surface area contributed by atoms with E-state index in [1.165, 1.54) is 5.56 Å². The number of benzene rings is 1. The van der Waals surface area contributed by atoms with Gasteiger partial charge >= 0.3 is 0 Å². The minimum Gasteiger partial charge on any atom is -0.396 e. The highest BCUT2D eigenvalue weighted by Crippen LogP contribution is 2.24. The monoisotopic (exact) mass is 304 g/mol. The Morgan fingerprint density at radius 2 is 1.91 bits per heavy atom. The molecule has 1 heterocycles. The van der Waals surface area contributed by atoms with Gasteiger partial charge in [0.1, 0.15) is 0 Å². The molecular weight excluding hydrogens is 276 g/mol. The average molecular weight is 304 g/mol. The van der Waals surface area contributed by atoms with E-state index in [1.807, 2.05) is 37.2 Å². The summed E-state index contributed by atoms with van der Waals surface area (Å²) < 4.78 is 0. The molecule has 1 aromatic carbocycles. The number of likely N-dealkylation sites (tertiary alicyclic amines) is 1. The molecule has 122 valence electrons. The molecule has 0 aliphatic carbocycles. The molecule has 0 unspecified atom stereocenters. The zero-order chi connectivity index (χ0) is 15.9. The summed E-state index contributed by atoms with van der Waals surface area (Å²) in [7, 11) is 4.08. The molecule has 1 aliphatic rings. The fraction of sp³-hybridized carbons (Fsp3) is 0.611. The van der Waals surface area contributed by atoms with Crippen LogP contribution in [0.1, 0.15) is 18.4 Å². The maximum atomic E-state index is 12.4. The first-order valence-corrected chi connectivity index (χ1v) is 8.17. The van der Waals surface area contributed by atoms with Gasteiger partial charge in [-0.25, -0.2) is 0 Å². The van der Waals surface area contributed by atoms with E-state index in [0.29, 0.717) is 18.9 Å². The summed E-state index contributed by atoms with van der Waals surface area (Å²) in [6, 6.07) is 10.3. The quantitative estimate of drug-likeness (QED) is 0.833. The minimum absolute atomic E-state index is 0.173. The third-order valence-electron chi connectivity index (χ3n) is 4.46. The van der Waals surface area contributed by atoms with E-state index in [0.717, 1.165) is 25.9 Å². The lowest BCUT2D eigenvalue weighted by molar-refractivity contribution is -0.130. The van der Waals surface area contributed by atoms with E-state index >= 15 is 0 Å². The van der Waals surface area contributed by atoms with Gasteiger partial charge in [-0.3, -0.25) is 4.79 Å². The van der Waals surface area contributed by atoms with Crippen LogP contribution in [-0.2, 0) is 11.2 Å². The van der Waals surface area contributed by atoms with Crippen LogP contribution in [0.25, 0.3) is 0 Å². The molecular formula is C18H28N2O2. The van der Waals surface area contributed by atoms with Gasteiger partial charge in [0.15, 0.2) is 0 Å². The second-order valence-corrected chi connectivity index (χ2v) is 6.60. The number of amides is 1. The first-order valence-electron chi connectivity index (χ1n) is 8.17. The zero-order valence-electron chi connectivity index (χ0n) is 13.7. The van der Waals surface area contributed by atoms with Gasteiger partial charge in [0.2, 0.25) is 5.91 Å². The van der Waals surface area contributed by atoms with Gasteiger partial charge in [-0.2, -0.15) is 0 Å². The molecule has 1 aliphatic heterocycles. The molecule has 1 fully saturated rings. The normalized spacial score (nSPS) is 21.5. The SMILES string of the molecule is CN(C)C[C@@H]1CN(C(=O)CCCc2ccccc2)C[C@@H]1CO. The molecule has 1 N–H and O–H groups in total. The topological polar surface area (TPSA) is 43.8 Å². The predicted molar refractivity (Wildman–Crippen MR) is 88.6 cm³/mol. The molecule has 2 rings (SSSR count). The Balaban J connectivity index is 1.78. The Morgan fingerprint density at radius 1 is 1.23 bits per heavy atom. The van der Waals surface area contributed by atoms with Crippen LogP contribution < -0.4 is 0 Å². The minimum atomic E-state index is 0.173. The van der Waals surface area contributed by atoms with Crippen LogP contribution in [0.2, 0.25) is 0 Å². The second kappa shape index (κ2) is 8.30. The van der Waals surface area contributed by atoms with E-state index in [-0.39, 0.29) is 18.4 Å². The third kappa shape index (κ3) is 4.82. The molecule has 4 heteroatoms. The zero-order valence-corrected chi connectivity index (χ0v) is 13.7. The van der Waals surface area contributed by atoms with Gasteiger partial charge in [0.05, 0.1) is 0 Å². The van der Waals surface area contributed by atoms with E-state index in [9.17, 15) is 9.90 Å². The number of aliphatic hydroxyl groups is 1. The van der Waals surface area contributed by atoms with Crippen LogP contribution in [0, 0.1) is 11.8 Å². The first kappa shape index (κ1) is 17.0. The van der Waals surface area contributed by atoms with Gasteiger partial charge in [-0.05, 0) is 38.4 Å². The van der Waals surface area contributed by atoms with Crippen molar-refractivity contribution in [3.05, 3.63) is 35.9 Å². The van der Waals surface area contributed by atoms with Gasteiger partial charge in [-0.15, -0.1) is 0 Å². The Kier molecular flexibility index (Phi) is 6.40. The van der Waals surface area contributed by atoms with Crippen molar-refractivity contribution < 1.29 is 9.90 Å². The standard InChI is InChI=1S/C18H28N2O2/c1-19(2)11-16-12-20(13-17(16)14-21)18(22)10-6-9-15-7-4-3-5-8-15/h3-5,7-8,16-17,21H,6,9-14H2,1-2H3/t16-,17-/m1/s1. The van der Waals surface area contributed by atoms with Crippen molar-refractivity contribution in [1.82, 2.24) is 9.80 Å². The van der Waals surface area contributed by atoms with Crippen LogP contribution in [0.15, 0.2) is 30.3 Å². The molecule has 1 amide bonds. The van der Waals surface area contributed by atoms with Crippen molar-refractivity contribution in [2.45, 2.75) is 19.3 Å². The van der Waals surface area contributed by atoms with Crippen molar-refractivity contribution >= 4 is 5.91 Å². The van der Waals surface area contributed by atoms with Crippen LogP contribution in [0.4, 0.5) is 0 Å². The second-order valence-electron chi connectivity index (χ2n) is 6.60. The number of nitrogens with zero attached hydrogens (tertiary/aromatic N) is 2. The van der Waals surface area contributed by atoms with Crippen LogP contribution in [-0.4, -0.2) is 61.2 Å². The van der Waals surface area contributed by atoms with E-state index in [2.05, 4.69) is 17.0 Å². The largest absolute Gasteiger partial charge is 0.396 e. The molecule has 4 nitrogen and oxygen atoms in total. The molecule has 0 saturated carbocycles. The summed E-state index contributed by atoms with van der Waals surface area (Å²) in [6.07, 6.45) is 2.44. The van der Waals surface area contributed by atoms with Crippen molar-refractivity contribution in [3.63, 3.8) is 0 Å². The van der Waals surface area contributed by atoms with Crippen molar-refractivity contribution in [2.24, 2.45) is 11.8 Å². The molecule has 22 heavy (non-hydrogen) atoms. The molecule has 0 aromatic heterocycles. The molecule has 2 atom stereocenters. The highest BCUT2D eigenvalue weighted by molar-refractivity contribution is 5.76.